The molecule has 0 aliphatic carbocycles. The lowest BCUT2D eigenvalue weighted by molar-refractivity contribution is 0.0992. The van der Waals surface area contributed by atoms with Gasteiger partial charge in [0.25, 0.3) is 5.91 Å². The van der Waals surface area contributed by atoms with E-state index in [0.29, 0.717) is 5.56 Å². The predicted octanol–water partition coefficient (Wildman–Crippen LogP) is 0.568. The molecule has 0 aliphatic rings. The topological polar surface area (TPSA) is 57.9 Å². The van der Waals surface area contributed by atoms with Gasteiger partial charge in [-0.25, -0.2) is 0 Å². The Morgan fingerprint density at radius 1 is 1.45 bits per heavy atom. The first-order valence-electron chi connectivity index (χ1n) is 2.98. The maximum atomic E-state index is 10.5. The Morgan fingerprint density at radius 2 is 2.18 bits per heavy atom. The molecule has 0 fully saturated rings. The molecule has 0 bridgehead atoms. The van der Waals surface area contributed by atoms with Crippen LogP contribution in [0.4, 0.5) is 0 Å². The first kappa shape index (κ1) is 7.47. The Bertz CT molecular complexity index is 294. The Hall–Kier alpha value is -1.64. The normalized spacial score (nSPS) is 9.09. The van der Waals surface area contributed by atoms with E-state index in [1.54, 1.807) is 12.4 Å². The lowest BCUT2D eigenvalue weighted by atomic mass is 10.1. The highest BCUT2D eigenvalue weighted by Crippen LogP contribution is 2.01. The van der Waals surface area contributed by atoms with Crippen LogP contribution in [0, 0.1) is 0 Å². The summed E-state index contributed by atoms with van der Waals surface area (Å²) in [6.45, 7) is 0. The zero-order chi connectivity index (χ0) is 8.27. The number of hydrogen-bond acceptors (Lipinski definition) is 2. The molecule has 0 unspecified atom stereocenters. The van der Waals surface area contributed by atoms with Crippen molar-refractivity contribution in [1.29, 1.82) is 0 Å². The van der Waals surface area contributed by atoms with E-state index in [0.717, 1.165) is 0 Å². The second-order valence-electron chi connectivity index (χ2n) is 2.01. The van der Waals surface area contributed by atoms with Crippen LogP contribution in [0.3, 0.4) is 0 Å². The van der Waals surface area contributed by atoms with Gasteiger partial charge in [-0.3, -0.25) is 15.3 Å². The molecule has 0 aromatic heterocycles. The van der Waals surface area contributed by atoms with Gasteiger partial charge in [0.05, 0.1) is 0 Å². The Labute approximate surface area is 63.8 Å². The van der Waals surface area contributed by atoms with Crippen molar-refractivity contribution in [3.8, 4) is 0 Å². The lowest BCUT2D eigenvalue weighted by Crippen LogP contribution is -1.98. The second-order valence-corrected chi connectivity index (χ2v) is 2.01. The minimum atomic E-state index is -0.790. The van der Waals surface area contributed by atoms with Crippen molar-refractivity contribution < 1.29 is 9.59 Å². The summed E-state index contributed by atoms with van der Waals surface area (Å²) in [5, 5.41) is 0. The van der Waals surface area contributed by atoms with Gasteiger partial charge in [-0.1, -0.05) is 12.1 Å². The number of benzene rings is 1. The average molecular weight is 147 g/mol. The standard InChI is InChI=1S/C8H5NO2/c9-8(11)7-3-1-2-6(4-7)5-10/h1-4,9H. The third-order valence-electron chi connectivity index (χ3n) is 1.24. The van der Waals surface area contributed by atoms with Crippen molar-refractivity contribution in [3.63, 3.8) is 0 Å². The van der Waals surface area contributed by atoms with Crippen LogP contribution >= 0.6 is 0 Å². The lowest BCUT2D eigenvalue weighted by Gasteiger charge is -1.92. The van der Waals surface area contributed by atoms with Crippen LogP contribution in [-0.2, 0) is 4.79 Å². The summed E-state index contributed by atoms with van der Waals surface area (Å²) < 4.78 is 0. The summed E-state index contributed by atoms with van der Waals surface area (Å²) in [6.07, 6.45) is 1.64. The van der Waals surface area contributed by atoms with Crippen molar-refractivity contribution in [1.82, 2.24) is 5.73 Å². The van der Waals surface area contributed by atoms with Crippen molar-refractivity contribution in [2.45, 2.75) is 0 Å². The first-order chi connectivity index (χ1) is 5.24. The summed E-state index contributed by atoms with van der Waals surface area (Å²) >= 11 is 0. The highest BCUT2D eigenvalue weighted by molar-refractivity contribution is 5.93. The average Bonchev–Trinajstić information content (AvgIpc) is 2.05. The van der Waals surface area contributed by atoms with Gasteiger partial charge in [-0.05, 0) is 12.1 Å². The molecule has 0 spiro atoms. The van der Waals surface area contributed by atoms with Crippen molar-refractivity contribution >= 4 is 12.2 Å². The minimum absolute atomic E-state index is 0.214. The molecule has 3 heteroatoms. The molecule has 1 aromatic rings. The van der Waals surface area contributed by atoms with E-state index >= 15 is 0 Å². The molecular formula is C8H5NO2. The molecule has 0 heterocycles. The summed E-state index contributed by atoms with van der Waals surface area (Å²) in [5.74, 6) is -0.790. The van der Waals surface area contributed by atoms with Gasteiger partial charge in [0.15, 0.2) is 0 Å². The van der Waals surface area contributed by atoms with Gasteiger partial charge in [-0.15, -0.1) is 0 Å². The van der Waals surface area contributed by atoms with Gasteiger partial charge in [0.2, 0.25) is 6.29 Å². The van der Waals surface area contributed by atoms with Crippen LogP contribution < -0.4 is 5.73 Å². The van der Waals surface area contributed by atoms with Gasteiger partial charge in [0, 0.05) is 11.1 Å². The van der Waals surface area contributed by atoms with E-state index in [1.807, 2.05) is 0 Å². The fourth-order valence-corrected chi connectivity index (χ4v) is 0.724. The van der Waals surface area contributed by atoms with Gasteiger partial charge < -0.3 is 0 Å². The van der Waals surface area contributed by atoms with Crippen molar-refractivity contribution in [2.75, 3.05) is 0 Å². The molecule has 3 nitrogen and oxygen atoms in total. The molecular weight excluding hydrogens is 142 g/mol. The SMILES string of the molecule is [NH]C(=O)c1cccc([C]=O)c1. The van der Waals surface area contributed by atoms with Crippen LogP contribution in [-0.4, -0.2) is 12.2 Å². The van der Waals surface area contributed by atoms with E-state index < -0.39 is 5.91 Å². The largest absolute Gasteiger partial charge is 0.285 e. The van der Waals surface area contributed by atoms with Crippen LogP contribution in [0.2, 0.25) is 0 Å². The Morgan fingerprint density at radius 3 is 2.73 bits per heavy atom. The van der Waals surface area contributed by atoms with Crippen molar-refractivity contribution in [2.24, 2.45) is 0 Å². The number of hydrogen-bond donors (Lipinski definition) is 0. The highest BCUT2D eigenvalue weighted by Gasteiger charge is 2.00. The number of carbonyl (C=O) groups is 1. The summed E-state index contributed by atoms with van der Waals surface area (Å²) in [4.78, 5) is 20.5. The van der Waals surface area contributed by atoms with Crippen LogP contribution in [0.1, 0.15) is 15.9 Å². The Balaban J connectivity index is 3.10. The van der Waals surface area contributed by atoms with Crippen LogP contribution in [0.25, 0.3) is 0 Å². The molecule has 1 aromatic carbocycles. The fraction of sp³-hybridized carbons (Fsp3) is 0. The fourth-order valence-electron chi connectivity index (χ4n) is 0.724. The summed E-state index contributed by atoms with van der Waals surface area (Å²) in [5.41, 5.74) is 7.23. The molecule has 1 N–H and O–H groups in total. The monoisotopic (exact) mass is 147 g/mol. The van der Waals surface area contributed by atoms with Gasteiger partial charge in [0.1, 0.15) is 0 Å². The van der Waals surface area contributed by atoms with Gasteiger partial charge in [-0.2, -0.15) is 0 Å². The molecule has 0 atom stereocenters. The molecule has 0 saturated heterocycles. The van der Waals surface area contributed by atoms with E-state index in [1.165, 1.54) is 18.2 Å². The maximum Gasteiger partial charge on any atom is 0.269 e. The predicted molar refractivity (Wildman–Crippen MR) is 38.7 cm³/mol. The molecule has 54 valence electrons. The first-order valence-corrected chi connectivity index (χ1v) is 2.98. The molecule has 0 saturated carbocycles. The third kappa shape index (κ3) is 1.64. The van der Waals surface area contributed by atoms with E-state index in [-0.39, 0.29) is 5.56 Å². The summed E-state index contributed by atoms with van der Waals surface area (Å²) in [6, 6.07) is 5.89. The van der Waals surface area contributed by atoms with Crippen LogP contribution in [0.15, 0.2) is 24.3 Å². The zero-order valence-corrected chi connectivity index (χ0v) is 5.63. The molecule has 1 amide bonds. The molecule has 0 aliphatic heterocycles. The number of rotatable bonds is 2. The van der Waals surface area contributed by atoms with Crippen LogP contribution in [0.5, 0.6) is 0 Å². The van der Waals surface area contributed by atoms with Gasteiger partial charge >= 0.3 is 0 Å². The number of carbonyl (C=O) groups excluding carboxylic acids is 2. The van der Waals surface area contributed by atoms with E-state index in [2.05, 4.69) is 0 Å². The third-order valence-corrected chi connectivity index (χ3v) is 1.24. The zero-order valence-electron chi connectivity index (χ0n) is 5.63. The molecule has 2 radical (unpaired) electrons. The van der Waals surface area contributed by atoms with E-state index in [9.17, 15) is 9.59 Å². The molecule has 1 rings (SSSR count). The minimum Gasteiger partial charge on any atom is -0.285 e. The molecule has 11 heavy (non-hydrogen) atoms. The maximum absolute atomic E-state index is 10.5. The summed E-state index contributed by atoms with van der Waals surface area (Å²) in [7, 11) is 0. The highest BCUT2D eigenvalue weighted by atomic mass is 16.1. The quantitative estimate of drug-likeness (QED) is 0.613. The number of nitrogens with one attached hydrogen (secondary N) is 1. The number of amides is 1. The Kier molecular flexibility index (Phi) is 2.01. The smallest absolute Gasteiger partial charge is 0.269 e. The van der Waals surface area contributed by atoms with E-state index in [4.69, 9.17) is 5.73 Å². The van der Waals surface area contributed by atoms with Crippen molar-refractivity contribution in [3.05, 3.63) is 35.4 Å². The second kappa shape index (κ2) is 2.96.